The lowest BCUT2D eigenvalue weighted by atomic mass is 9.85. The molecule has 2 aromatic rings. The summed E-state index contributed by atoms with van der Waals surface area (Å²) in [6.07, 6.45) is -0.451. The normalized spacial score (nSPS) is 22.6. The first-order chi connectivity index (χ1) is 12.1. The monoisotopic (exact) mass is 402 g/mol. The van der Waals surface area contributed by atoms with Gasteiger partial charge in [0, 0.05) is 10.4 Å². The van der Waals surface area contributed by atoms with Gasteiger partial charge >= 0.3 is 5.97 Å². The van der Waals surface area contributed by atoms with Gasteiger partial charge in [-0.05, 0) is 30.2 Å². The second kappa shape index (κ2) is 7.93. The van der Waals surface area contributed by atoms with E-state index in [0.717, 1.165) is 15.6 Å². The second-order valence-electron chi connectivity index (χ2n) is 6.16. The molecule has 0 aromatic heterocycles. The zero-order valence-corrected chi connectivity index (χ0v) is 15.4. The zero-order chi connectivity index (χ0) is 17.8. The Morgan fingerprint density at radius 2 is 1.80 bits per heavy atom. The molecule has 3 rings (SSSR count). The van der Waals surface area contributed by atoms with E-state index in [0.29, 0.717) is 6.61 Å². The average Bonchev–Trinajstić information content (AvgIpc) is 2.94. The number of rotatable bonds is 6. The maximum Gasteiger partial charge on any atom is 0.317 e. The maximum atomic E-state index is 12.2. The number of ketones is 1. The topological polar surface area (TPSA) is 52.6 Å². The molecule has 1 saturated heterocycles. The minimum atomic E-state index is -0.768. The van der Waals surface area contributed by atoms with Gasteiger partial charge in [0.25, 0.3) is 0 Å². The van der Waals surface area contributed by atoms with Crippen LogP contribution in [0.15, 0.2) is 59.1 Å². The smallest absolute Gasteiger partial charge is 0.317 e. The summed E-state index contributed by atoms with van der Waals surface area (Å²) < 4.78 is 12.3. The molecule has 1 unspecified atom stereocenters. The van der Waals surface area contributed by atoms with Gasteiger partial charge in [-0.25, -0.2) is 0 Å². The summed E-state index contributed by atoms with van der Waals surface area (Å²) >= 11 is 3.40. The summed E-state index contributed by atoms with van der Waals surface area (Å²) in [5, 5.41) is 0. The Morgan fingerprint density at radius 3 is 2.44 bits per heavy atom. The van der Waals surface area contributed by atoms with Crippen molar-refractivity contribution in [3.8, 4) is 0 Å². The van der Waals surface area contributed by atoms with E-state index < -0.39 is 18.0 Å². The molecule has 1 aliphatic rings. The molecule has 3 atom stereocenters. The first-order valence-electron chi connectivity index (χ1n) is 8.14. The lowest BCUT2D eigenvalue weighted by Crippen LogP contribution is -2.27. The molecule has 1 aliphatic heterocycles. The van der Waals surface area contributed by atoms with Crippen LogP contribution < -0.4 is 0 Å². The molecule has 0 saturated carbocycles. The third-order valence-electron chi connectivity index (χ3n) is 4.37. The molecule has 4 nitrogen and oxygen atoms in total. The highest BCUT2D eigenvalue weighted by Gasteiger charge is 2.47. The summed E-state index contributed by atoms with van der Waals surface area (Å²) in [5.74, 6) is -1.72. The van der Waals surface area contributed by atoms with Gasteiger partial charge in [-0.3, -0.25) is 9.59 Å². The summed E-state index contributed by atoms with van der Waals surface area (Å²) in [6.45, 7) is 2.14. The Hall–Kier alpha value is -1.98. The van der Waals surface area contributed by atoms with Gasteiger partial charge < -0.3 is 9.47 Å². The van der Waals surface area contributed by atoms with E-state index in [2.05, 4.69) is 15.9 Å². The largest absolute Gasteiger partial charge is 0.457 e. The van der Waals surface area contributed by atoms with Crippen molar-refractivity contribution >= 4 is 27.7 Å². The Bertz CT molecular complexity index is 742. The number of ether oxygens (including phenoxy) is 2. The van der Waals surface area contributed by atoms with E-state index >= 15 is 0 Å². The molecule has 0 radical (unpaired) electrons. The van der Waals surface area contributed by atoms with Crippen LogP contribution in [0.3, 0.4) is 0 Å². The van der Waals surface area contributed by atoms with E-state index in [9.17, 15) is 9.59 Å². The number of hydrogen-bond acceptors (Lipinski definition) is 4. The van der Waals surface area contributed by atoms with Crippen molar-refractivity contribution in [3.63, 3.8) is 0 Å². The minimum absolute atomic E-state index is 0.180. The first-order valence-corrected chi connectivity index (χ1v) is 8.93. The number of carbonyl (C=O) groups is 2. The van der Waals surface area contributed by atoms with Crippen LogP contribution in [0.2, 0.25) is 0 Å². The van der Waals surface area contributed by atoms with E-state index in [1.807, 2.05) is 54.6 Å². The molecule has 0 bridgehead atoms. The van der Waals surface area contributed by atoms with Crippen molar-refractivity contribution in [2.75, 3.05) is 6.61 Å². The first kappa shape index (κ1) is 17.8. The molecule has 0 N–H and O–H groups in total. The van der Waals surface area contributed by atoms with Crippen molar-refractivity contribution in [2.45, 2.75) is 19.6 Å². The standard InChI is InChI=1S/C20H19BrO4/c1-13(22)18-17(12-24-11-14-7-9-16(21)10-8-14)19(25-20(18)23)15-5-3-2-4-6-15/h2-10,17-19H,11-12H2,1H3/t17-,18?,19+/m0/s1. The van der Waals surface area contributed by atoms with Gasteiger partial charge in [-0.2, -0.15) is 0 Å². The third kappa shape index (κ3) is 4.17. The van der Waals surface area contributed by atoms with Crippen molar-refractivity contribution < 1.29 is 19.1 Å². The molecule has 1 fully saturated rings. The number of hydrogen-bond donors (Lipinski definition) is 0. The fourth-order valence-electron chi connectivity index (χ4n) is 3.14. The van der Waals surface area contributed by atoms with Crippen molar-refractivity contribution in [3.05, 3.63) is 70.2 Å². The Morgan fingerprint density at radius 1 is 1.12 bits per heavy atom. The van der Waals surface area contributed by atoms with E-state index in [1.54, 1.807) is 0 Å². The molecule has 2 aromatic carbocycles. The van der Waals surface area contributed by atoms with Gasteiger partial charge in [-0.1, -0.05) is 58.4 Å². The number of carbonyl (C=O) groups excluding carboxylic acids is 2. The van der Waals surface area contributed by atoms with Crippen LogP contribution in [0.5, 0.6) is 0 Å². The molecular formula is C20H19BrO4. The molecular weight excluding hydrogens is 384 g/mol. The van der Waals surface area contributed by atoms with Gasteiger partial charge in [0.2, 0.25) is 0 Å². The molecule has 25 heavy (non-hydrogen) atoms. The van der Waals surface area contributed by atoms with Crippen LogP contribution in [-0.2, 0) is 25.7 Å². The van der Waals surface area contributed by atoms with Crippen molar-refractivity contribution in [2.24, 2.45) is 11.8 Å². The van der Waals surface area contributed by atoms with Crippen molar-refractivity contribution in [1.29, 1.82) is 0 Å². The van der Waals surface area contributed by atoms with E-state index in [-0.39, 0.29) is 18.3 Å². The number of benzene rings is 2. The minimum Gasteiger partial charge on any atom is -0.457 e. The maximum absolute atomic E-state index is 12.2. The summed E-state index contributed by atoms with van der Waals surface area (Å²) in [5.41, 5.74) is 1.92. The fourth-order valence-corrected chi connectivity index (χ4v) is 3.40. The predicted molar refractivity (Wildman–Crippen MR) is 96.7 cm³/mol. The molecule has 5 heteroatoms. The quantitative estimate of drug-likeness (QED) is 0.539. The van der Waals surface area contributed by atoms with Crippen LogP contribution in [-0.4, -0.2) is 18.4 Å². The number of Topliss-reactive ketones (excluding diaryl/α,β-unsaturated/α-hetero) is 1. The lowest BCUT2D eigenvalue weighted by Gasteiger charge is -2.20. The van der Waals surface area contributed by atoms with Crippen LogP contribution in [0.1, 0.15) is 24.2 Å². The predicted octanol–water partition coefficient (Wildman–Crippen LogP) is 4.09. The number of halogens is 1. The van der Waals surface area contributed by atoms with Crippen LogP contribution in [0.25, 0.3) is 0 Å². The Kier molecular flexibility index (Phi) is 5.66. The van der Waals surface area contributed by atoms with E-state index in [4.69, 9.17) is 9.47 Å². The molecule has 0 amide bonds. The SMILES string of the molecule is CC(=O)C1C(=O)O[C@H](c2ccccc2)[C@H]1COCc1ccc(Br)cc1. The van der Waals surface area contributed by atoms with Gasteiger partial charge in [0.15, 0.2) is 0 Å². The molecule has 0 aliphatic carbocycles. The second-order valence-corrected chi connectivity index (χ2v) is 7.08. The van der Waals surface area contributed by atoms with Gasteiger partial charge in [0.1, 0.15) is 17.8 Å². The zero-order valence-electron chi connectivity index (χ0n) is 13.9. The van der Waals surface area contributed by atoms with Crippen LogP contribution in [0.4, 0.5) is 0 Å². The highest BCUT2D eigenvalue weighted by atomic mass is 79.9. The highest BCUT2D eigenvalue weighted by molar-refractivity contribution is 9.10. The Labute approximate surface area is 155 Å². The van der Waals surface area contributed by atoms with Gasteiger partial charge in [-0.15, -0.1) is 0 Å². The molecule has 1 heterocycles. The number of cyclic esters (lactones) is 1. The van der Waals surface area contributed by atoms with Crippen molar-refractivity contribution in [1.82, 2.24) is 0 Å². The number of esters is 1. The van der Waals surface area contributed by atoms with Crippen LogP contribution >= 0.6 is 15.9 Å². The highest BCUT2D eigenvalue weighted by Crippen LogP contribution is 2.40. The summed E-state index contributed by atoms with van der Waals surface area (Å²) in [6, 6.07) is 17.3. The third-order valence-corrected chi connectivity index (χ3v) is 4.90. The van der Waals surface area contributed by atoms with Gasteiger partial charge in [0.05, 0.1) is 13.2 Å². The van der Waals surface area contributed by atoms with E-state index in [1.165, 1.54) is 6.92 Å². The lowest BCUT2D eigenvalue weighted by molar-refractivity contribution is -0.146. The average molecular weight is 403 g/mol. The Balaban J connectivity index is 1.72. The molecule has 0 spiro atoms. The summed E-state index contributed by atoms with van der Waals surface area (Å²) in [7, 11) is 0. The fraction of sp³-hybridized carbons (Fsp3) is 0.300. The van der Waals surface area contributed by atoms with Crippen LogP contribution in [0, 0.1) is 11.8 Å². The summed E-state index contributed by atoms with van der Waals surface area (Å²) in [4.78, 5) is 24.1. The molecule has 130 valence electrons.